The van der Waals surface area contributed by atoms with Crippen LogP contribution in [0.5, 0.6) is 0 Å². The largest absolute Gasteiger partial charge is 0.301 e. The van der Waals surface area contributed by atoms with Gasteiger partial charge in [-0.1, -0.05) is 90.0 Å². The molecule has 1 unspecified atom stereocenters. The third kappa shape index (κ3) is 6.18. The standard InChI is InChI=1S/C25H30FN.C5H12/c1-6-7-8-9-18-11-10-16(2)23-22(18)21(27)15-20(25(23,4)5)14-17(3)24(26)19-12-13-19;1-4-5(2)3/h7-8,10,12-15,18,27H,6,9,11H2,1-5H3;5H,4H2,1-3H3/b8-7?,17-14-,27-21?;. The Morgan fingerprint density at radius 2 is 1.84 bits per heavy atom. The summed E-state index contributed by atoms with van der Waals surface area (Å²) in [5, 5.41) is 8.74. The molecule has 0 aliphatic heterocycles. The molecule has 1 nitrogen and oxygen atoms in total. The Hall–Kier alpha value is -2.22. The number of rotatable bonds is 6. The van der Waals surface area contributed by atoms with E-state index in [1.54, 1.807) is 12.2 Å². The van der Waals surface area contributed by atoms with Crippen LogP contribution in [0.2, 0.25) is 0 Å². The lowest BCUT2D eigenvalue weighted by atomic mass is 9.63. The van der Waals surface area contributed by atoms with Crippen molar-refractivity contribution in [3.05, 3.63) is 81.8 Å². The summed E-state index contributed by atoms with van der Waals surface area (Å²) in [4.78, 5) is 0. The van der Waals surface area contributed by atoms with E-state index in [1.165, 1.54) is 23.1 Å². The third-order valence-corrected chi connectivity index (χ3v) is 6.66. The van der Waals surface area contributed by atoms with Crippen molar-refractivity contribution in [3.63, 3.8) is 0 Å². The molecule has 0 saturated carbocycles. The summed E-state index contributed by atoms with van der Waals surface area (Å²) in [5.41, 5.74) is 6.37. The van der Waals surface area contributed by atoms with Crippen LogP contribution in [0.25, 0.3) is 0 Å². The van der Waals surface area contributed by atoms with Crippen LogP contribution in [0.3, 0.4) is 0 Å². The minimum atomic E-state index is -0.239. The van der Waals surface area contributed by atoms with Gasteiger partial charge >= 0.3 is 0 Å². The van der Waals surface area contributed by atoms with Crippen LogP contribution in [0.1, 0.15) is 81.1 Å². The van der Waals surface area contributed by atoms with Gasteiger partial charge in [-0.3, -0.25) is 0 Å². The molecule has 1 N–H and O–H groups in total. The minimum absolute atomic E-state index is 0.156. The van der Waals surface area contributed by atoms with E-state index >= 15 is 0 Å². The first-order valence-electron chi connectivity index (χ1n) is 12.2. The molecule has 1 atom stereocenters. The van der Waals surface area contributed by atoms with Crippen molar-refractivity contribution in [2.75, 3.05) is 0 Å². The van der Waals surface area contributed by atoms with Gasteiger partial charge in [0.25, 0.3) is 0 Å². The number of halogens is 1. The second-order valence-electron chi connectivity index (χ2n) is 10.1. The van der Waals surface area contributed by atoms with Crippen molar-refractivity contribution in [2.45, 2.75) is 81.1 Å². The van der Waals surface area contributed by atoms with Crippen LogP contribution in [0.15, 0.2) is 81.8 Å². The molecule has 0 fully saturated rings. The van der Waals surface area contributed by atoms with Crippen molar-refractivity contribution in [3.8, 4) is 0 Å². The quantitative estimate of drug-likeness (QED) is 0.402. The molecular formula is C30H42FN. The highest BCUT2D eigenvalue weighted by Gasteiger charge is 2.38. The Bertz CT molecular complexity index is 933. The highest BCUT2D eigenvalue weighted by Crippen LogP contribution is 2.49. The fraction of sp³-hybridized carbons (Fsp3) is 0.500. The number of nitrogens with one attached hydrogen (secondary N) is 1. The predicted molar refractivity (Wildman–Crippen MR) is 139 cm³/mol. The second-order valence-corrected chi connectivity index (χ2v) is 10.1. The lowest BCUT2D eigenvalue weighted by Gasteiger charge is -2.41. The zero-order valence-electron chi connectivity index (χ0n) is 21.4. The maximum absolute atomic E-state index is 14.4. The Morgan fingerprint density at radius 1 is 1.22 bits per heavy atom. The molecule has 0 bridgehead atoms. The molecule has 3 aliphatic carbocycles. The van der Waals surface area contributed by atoms with Crippen LogP contribution in [0.4, 0.5) is 4.39 Å². The lowest BCUT2D eigenvalue weighted by Crippen LogP contribution is -2.31. The summed E-state index contributed by atoms with van der Waals surface area (Å²) in [6, 6.07) is 0. The Morgan fingerprint density at radius 3 is 2.38 bits per heavy atom. The maximum Gasteiger partial charge on any atom is 0.133 e. The van der Waals surface area contributed by atoms with Crippen molar-refractivity contribution < 1.29 is 4.39 Å². The number of hydrogen-bond acceptors (Lipinski definition) is 1. The monoisotopic (exact) mass is 435 g/mol. The average molecular weight is 436 g/mol. The molecule has 2 heteroatoms. The van der Waals surface area contributed by atoms with Gasteiger partial charge in [0, 0.05) is 11.0 Å². The van der Waals surface area contributed by atoms with Crippen LogP contribution < -0.4 is 0 Å². The van der Waals surface area contributed by atoms with Crippen LogP contribution in [-0.2, 0) is 0 Å². The highest BCUT2D eigenvalue weighted by molar-refractivity contribution is 6.10. The first-order valence-corrected chi connectivity index (χ1v) is 12.2. The molecule has 0 aromatic heterocycles. The van der Waals surface area contributed by atoms with Gasteiger partial charge in [-0.15, -0.1) is 0 Å². The van der Waals surface area contributed by atoms with E-state index in [0.717, 1.165) is 30.8 Å². The molecule has 0 radical (unpaired) electrons. The molecule has 3 rings (SSSR count). The molecule has 3 aliphatic rings. The third-order valence-electron chi connectivity index (χ3n) is 6.66. The van der Waals surface area contributed by atoms with Crippen LogP contribution >= 0.6 is 0 Å². The van der Waals surface area contributed by atoms with E-state index in [-0.39, 0.29) is 11.2 Å². The van der Waals surface area contributed by atoms with E-state index in [0.29, 0.717) is 22.8 Å². The van der Waals surface area contributed by atoms with Gasteiger partial charge in [-0.25, -0.2) is 4.39 Å². The molecule has 0 aromatic carbocycles. The molecule has 0 spiro atoms. The molecule has 0 heterocycles. The van der Waals surface area contributed by atoms with Crippen LogP contribution in [-0.4, -0.2) is 5.71 Å². The number of allylic oxidation sites excluding steroid dienone is 14. The fourth-order valence-corrected chi connectivity index (χ4v) is 4.27. The molecule has 174 valence electrons. The molecule has 32 heavy (non-hydrogen) atoms. The van der Waals surface area contributed by atoms with Gasteiger partial charge in [0.1, 0.15) is 5.83 Å². The van der Waals surface area contributed by atoms with Gasteiger partial charge in [0.2, 0.25) is 0 Å². The fourth-order valence-electron chi connectivity index (χ4n) is 4.27. The van der Waals surface area contributed by atoms with Gasteiger partial charge in [-0.2, -0.15) is 0 Å². The summed E-state index contributed by atoms with van der Waals surface area (Å²) in [5.74, 6) is 1.09. The Kier molecular flexibility index (Phi) is 9.01. The first-order chi connectivity index (χ1) is 15.0. The van der Waals surface area contributed by atoms with Crippen molar-refractivity contribution in [2.24, 2.45) is 17.3 Å². The molecule has 0 amide bonds. The Balaban J connectivity index is 0.000000654. The van der Waals surface area contributed by atoms with Crippen molar-refractivity contribution in [1.29, 1.82) is 5.41 Å². The Labute approximate surface area is 195 Å². The van der Waals surface area contributed by atoms with E-state index < -0.39 is 0 Å². The highest BCUT2D eigenvalue weighted by atomic mass is 19.1. The number of hydrogen-bond donors (Lipinski definition) is 1. The van der Waals surface area contributed by atoms with Gasteiger partial charge in [0.15, 0.2) is 0 Å². The van der Waals surface area contributed by atoms with Gasteiger partial charge in [-0.05, 0) is 73.3 Å². The van der Waals surface area contributed by atoms with Gasteiger partial charge in [0.05, 0.1) is 5.71 Å². The average Bonchev–Trinajstić information content (AvgIpc) is 3.58. The van der Waals surface area contributed by atoms with Crippen LogP contribution in [0, 0.1) is 22.7 Å². The summed E-state index contributed by atoms with van der Waals surface area (Å²) in [6.07, 6.45) is 18.5. The van der Waals surface area contributed by atoms with Crippen molar-refractivity contribution in [1.82, 2.24) is 0 Å². The van der Waals surface area contributed by atoms with E-state index in [9.17, 15) is 4.39 Å². The maximum atomic E-state index is 14.4. The summed E-state index contributed by atoms with van der Waals surface area (Å²) in [7, 11) is 0. The smallest absolute Gasteiger partial charge is 0.133 e. The second kappa shape index (κ2) is 11.1. The lowest BCUT2D eigenvalue weighted by molar-refractivity contribution is 0.517. The topological polar surface area (TPSA) is 23.9 Å². The molecule has 0 aromatic rings. The summed E-state index contributed by atoms with van der Waals surface area (Å²) >= 11 is 0. The minimum Gasteiger partial charge on any atom is -0.301 e. The molecule has 0 saturated heterocycles. The first kappa shape index (κ1) is 26.0. The SMILES string of the molecule is CCC(C)C.CCC=CCC1CC=C(C)C2=C1C(=N)C=C(/C=C(/C)C(F)=C1C=C1)C2(C)C. The normalized spacial score (nSPS) is 21.9. The van der Waals surface area contributed by atoms with E-state index in [2.05, 4.69) is 66.7 Å². The summed E-state index contributed by atoms with van der Waals surface area (Å²) < 4.78 is 14.4. The summed E-state index contributed by atoms with van der Waals surface area (Å²) in [6.45, 7) is 17.2. The van der Waals surface area contributed by atoms with E-state index in [4.69, 9.17) is 5.41 Å². The van der Waals surface area contributed by atoms with E-state index in [1.807, 2.05) is 19.1 Å². The van der Waals surface area contributed by atoms with Crippen molar-refractivity contribution >= 4 is 5.71 Å². The zero-order valence-corrected chi connectivity index (χ0v) is 21.4. The molecular weight excluding hydrogens is 393 g/mol. The zero-order chi connectivity index (χ0) is 24.1. The predicted octanol–water partition coefficient (Wildman–Crippen LogP) is 9.38. The van der Waals surface area contributed by atoms with Gasteiger partial charge < -0.3 is 5.41 Å².